The molecular weight excluding hydrogens is 314 g/mol. The van der Waals surface area contributed by atoms with E-state index in [-0.39, 0.29) is 5.41 Å². The number of piperidine rings is 1. The molecule has 0 amide bonds. The molecular formula is C20H25N3S. The third-order valence-corrected chi connectivity index (χ3v) is 5.36. The van der Waals surface area contributed by atoms with Crippen molar-refractivity contribution >= 4 is 11.8 Å². The quantitative estimate of drug-likeness (QED) is 0.820. The fourth-order valence-electron chi connectivity index (χ4n) is 3.44. The van der Waals surface area contributed by atoms with Crippen LogP contribution in [0.1, 0.15) is 25.3 Å². The molecule has 0 radical (unpaired) electrons. The molecule has 3 nitrogen and oxygen atoms in total. The molecule has 24 heavy (non-hydrogen) atoms. The Labute approximate surface area is 149 Å². The highest BCUT2D eigenvalue weighted by Gasteiger charge is 2.35. The Morgan fingerprint density at radius 1 is 1.17 bits per heavy atom. The zero-order chi connectivity index (χ0) is 17.4. The van der Waals surface area contributed by atoms with Gasteiger partial charge in [-0.05, 0) is 55.6 Å². The average Bonchev–Trinajstić information content (AvgIpc) is 3.19. The van der Waals surface area contributed by atoms with Crippen molar-refractivity contribution in [3.8, 4) is 24.0 Å². The lowest BCUT2D eigenvalue weighted by Gasteiger charge is -2.39. The second kappa shape index (κ2) is 8.77. The van der Waals surface area contributed by atoms with E-state index >= 15 is 0 Å². The Morgan fingerprint density at radius 2 is 1.83 bits per heavy atom. The van der Waals surface area contributed by atoms with Gasteiger partial charge in [0.2, 0.25) is 0 Å². The van der Waals surface area contributed by atoms with Gasteiger partial charge in [0.1, 0.15) is 0 Å². The number of H-pyrrole nitrogens is 1. The molecule has 126 valence electrons. The van der Waals surface area contributed by atoms with Crippen LogP contribution in [0.15, 0.2) is 47.6 Å². The molecule has 0 aliphatic carbocycles. The number of rotatable bonds is 4. The van der Waals surface area contributed by atoms with Gasteiger partial charge in [0.05, 0.1) is 6.20 Å². The molecule has 0 unspecified atom stereocenters. The summed E-state index contributed by atoms with van der Waals surface area (Å²) < 4.78 is 0. The lowest BCUT2D eigenvalue weighted by molar-refractivity contribution is 0.356. The number of hydrogen-bond acceptors (Lipinski definition) is 3. The summed E-state index contributed by atoms with van der Waals surface area (Å²) in [6, 6.07) is 9.03. The molecule has 0 bridgehead atoms. The van der Waals surface area contributed by atoms with Crippen molar-refractivity contribution in [2.75, 3.05) is 19.3 Å². The Morgan fingerprint density at radius 3 is 2.38 bits per heavy atom. The second-order valence-electron chi connectivity index (χ2n) is 5.93. The summed E-state index contributed by atoms with van der Waals surface area (Å²) in [7, 11) is 0. The number of thioether (sulfide) groups is 1. The first-order valence-electron chi connectivity index (χ1n) is 8.10. The average molecular weight is 340 g/mol. The molecule has 1 aliphatic heterocycles. The monoisotopic (exact) mass is 339 g/mol. The van der Waals surface area contributed by atoms with Crippen LogP contribution >= 0.6 is 11.8 Å². The predicted octanol–water partition coefficient (Wildman–Crippen LogP) is 4.21. The van der Waals surface area contributed by atoms with Gasteiger partial charge >= 0.3 is 0 Å². The standard InChI is InChI=1S/C18H23N3S.C2H2/c1-14(13-22-2)18(7-9-19-10-8-18)17-5-3-15(4-6-17)16-11-20-21-12-16;1-2/h3-6,11-13,19H,7-10H2,1-2H3,(H,20,21);1-2H/b14-13+;. The Hall–Kier alpha value is -1.96. The van der Waals surface area contributed by atoms with Crippen LogP contribution in [-0.2, 0) is 5.41 Å². The SMILES string of the molecule is C#C.CS/C=C(\C)C1(c2ccc(-c3cn[nH]c3)cc2)CCNCC1. The normalized spacial score (nSPS) is 16.9. The summed E-state index contributed by atoms with van der Waals surface area (Å²) in [6.45, 7) is 4.46. The van der Waals surface area contributed by atoms with Gasteiger partial charge in [0, 0.05) is 17.2 Å². The van der Waals surface area contributed by atoms with Crippen molar-refractivity contribution in [2.45, 2.75) is 25.2 Å². The summed E-state index contributed by atoms with van der Waals surface area (Å²) in [5, 5.41) is 12.7. The summed E-state index contributed by atoms with van der Waals surface area (Å²) >= 11 is 1.80. The Bertz CT molecular complexity index is 663. The summed E-state index contributed by atoms with van der Waals surface area (Å²) in [4.78, 5) is 0. The second-order valence-corrected chi connectivity index (χ2v) is 6.64. The fourth-order valence-corrected chi connectivity index (χ4v) is 4.02. The number of aromatic amines is 1. The van der Waals surface area contributed by atoms with Crippen molar-refractivity contribution in [3.63, 3.8) is 0 Å². The lowest BCUT2D eigenvalue weighted by atomic mass is 9.69. The van der Waals surface area contributed by atoms with Crippen LogP contribution in [0.25, 0.3) is 11.1 Å². The van der Waals surface area contributed by atoms with Gasteiger partial charge in [-0.15, -0.1) is 24.6 Å². The maximum absolute atomic E-state index is 4.03. The Balaban J connectivity index is 0.00000100. The van der Waals surface area contributed by atoms with Crippen molar-refractivity contribution in [2.24, 2.45) is 0 Å². The van der Waals surface area contributed by atoms with E-state index in [4.69, 9.17) is 0 Å². The van der Waals surface area contributed by atoms with Gasteiger partial charge in [0.15, 0.2) is 0 Å². The van der Waals surface area contributed by atoms with E-state index in [9.17, 15) is 0 Å². The third-order valence-electron chi connectivity index (χ3n) is 4.78. The third kappa shape index (κ3) is 3.75. The number of aromatic nitrogens is 2. The molecule has 4 heteroatoms. The van der Waals surface area contributed by atoms with Crippen molar-refractivity contribution in [1.29, 1.82) is 0 Å². The zero-order valence-electron chi connectivity index (χ0n) is 14.4. The zero-order valence-corrected chi connectivity index (χ0v) is 15.2. The van der Waals surface area contributed by atoms with Gasteiger partial charge in [-0.3, -0.25) is 5.10 Å². The van der Waals surface area contributed by atoms with Crippen LogP contribution in [0.4, 0.5) is 0 Å². The molecule has 1 aromatic carbocycles. The number of terminal acetylenes is 1. The van der Waals surface area contributed by atoms with E-state index in [0.717, 1.165) is 18.7 Å². The van der Waals surface area contributed by atoms with Crippen molar-refractivity contribution in [1.82, 2.24) is 15.5 Å². The number of benzene rings is 1. The molecule has 3 rings (SSSR count). The summed E-state index contributed by atoms with van der Waals surface area (Å²) in [5.41, 5.74) is 5.46. The van der Waals surface area contributed by atoms with Crippen LogP contribution in [0.5, 0.6) is 0 Å². The predicted molar refractivity (Wildman–Crippen MR) is 105 cm³/mol. The number of hydrogen-bond donors (Lipinski definition) is 2. The topological polar surface area (TPSA) is 40.7 Å². The van der Waals surface area contributed by atoms with Crippen LogP contribution in [0.3, 0.4) is 0 Å². The van der Waals surface area contributed by atoms with Gasteiger partial charge in [-0.2, -0.15) is 5.10 Å². The van der Waals surface area contributed by atoms with Gasteiger partial charge in [-0.1, -0.05) is 29.8 Å². The minimum Gasteiger partial charge on any atom is -0.317 e. The number of nitrogens with zero attached hydrogens (tertiary/aromatic N) is 1. The molecule has 1 aromatic heterocycles. The highest BCUT2D eigenvalue weighted by molar-refractivity contribution is 8.01. The van der Waals surface area contributed by atoms with E-state index in [1.54, 1.807) is 11.8 Å². The lowest BCUT2D eigenvalue weighted by Crippen LogP contribution is -2.40. The van der Waals surface area contributed by atoms with Crippen LogP contribution in [0.2, 0.25) is 0 Å². The molecule has 0 saturated carbocycles. The van der Waals surface area contributed by atoms with Gasteiger partial charge < -0.3 is 5.32 Å². The van der Waals surface area contributed by atoms with Crippen LogP contribution in [-0.4, -0.2) is 29.5 Å². The number of nitrogens with one attached hydrogen (secondary N) is 2. The van der Waals surface area contributed by atoms with Gasteiger partial charge in [0.25, 0.3) is 0 Å². The molecule has 2 aromatic rings. The number of allylic oxidation sites excluding steroid dienone is 1. The highest BCUT2D eigenvalue weighted by Crippen LogP contribution is 2.41. The maximum atomic E-state index is 4.03. The van der Waals surface area contributed by atoms with Gasteiger partial charge in [-0.25, -0.2) is 0 Å². The molecule has 1 fully saturated rings. The van der Waals surface area contributed by atoms with E-state index in [2.05, 4.69) is 71.2 Å². The van der Waals surface area contributed by atoms with E-state index < -0.39 is 0 Å². The highest BCUT2D eigenvalue weighted by atomic mass is 32.2. The molecule has 1 saturated heterocycles. The maximum Gasteiger partial charge on any atom is 0.0565 e. The molecule has 2 N–H and O–H groups in total. The minimum atomic E-state index is 0.184. The Kier molecular flexibility index (Phi) is 6.72. The van der Waals surface area contributed by atoms with E-state index in [1.807, 2.05) is 12.4 Å². The van der Waals surface area contributed by atoms with Crippen LogP contribution < -0.4 is 5.32 Å². The summed E-state index contributed by atoms with van der Waals surface area (Å²) in [6.07, 6.45) is 16.3. The van der Waals surface area contributed by atoms with E-state index in [0.29, 0.717) is 0 Å². The van der Waals surface area contributed by atoms with Crippen molar-refractivity contribution < 1.29 is 0 Å². The first-order chi connectivity index (χ1) is 11.8. The van der Waals surface area contributed by atoms with Crippen LogP contribution in [0, 0.1) is 12.8 Å². The molecule has 0 atom stereocenters. The van der Waals surface area contributed by atoms with Crippen molar-refractivity contribution in [3.05, 3.63) is 53.2 Å². The smallest absolute Gasteiger partial charge is 0.0565 e. The molecule has 0 spiro atoms. The molecule has 2 heterocycles. The minimum absolute atomic E-state index is 0.184. The summed E-state index contributed by atoms with van der Waals surface area (Å²) in [5.74, 6) is 0. The molecule has 1 aliphatic rings. The fraction of sp³-hybridized carbons (Fsp3) is 0.350. The van der Waals surface area contributed by atoms with E-state index in [1.165, 1.54) is 29.5 Å². The largest absolute Gasteiger partial charge is 0.317 e. The first kappa shape index (κ1) is 18.4. The first-order valence-corrected chi connectivity index (χ1v) is 9.39.